The van der Waals surface area contributed by atoms with E-state index in [0.717, 1.165) is 36.8 Å². The molecule has 0 aromatic carbocycles. The molecule has 3 heterocycles. The number of nitriles is 1. The number of hydrogen-bond acceptors (Lipinski definition) is 8. The first-order valence-corrected chi connectivity index (χ1v) is 8.12. The maximum absolute atomic E-state index is 8.75. The highest BCUT2D eigenvalue weighted by molar-refractivity contribution is 5.44. The van der Waals surface area contributed by atoms with Gasteiger partial charge >= 0.3 is 0 Å². The molecule has 0 spiro atoms. The van der Waals surface area contributed by atoms with Crippen LogP contribution in [0.5, 0.6) is 0 Å². The van der Waals surface area contributed by atoms with Gasteiger partial charge in [0.05, 0.1) is 30.3 Å². The molecule has 0 saturated carbocycles. The van der Waals surface area contributed by atoms with E-state index in [0.29, 0.717) is 24.0 Å². The molecule has 8 heteroatoms. The molecule has 0 unspecified atom stereocenters. The van der Waals surface area contributed by atoms with Gasteiger partial charge in [0.2, 0.25) is 0 Å². The summed E-state index contributed by atoms with van der Waals surface area (Å²) in [5.41, 5.74) is 8.10. The Labute approximate surface area is 141 Å². The van der Waals surface area contributed by atoms with Crippen LogP contribution >= 0.6 is 0 Å². The van der Waals surface area contributed by atoms with Crippen LogP contribution in [0.2, 0.25) is 0 Å². The zero-order chi connectivity index (χ0) is 16.8. The lowest BCUT2D eigenvalue weighted by Gasteiger charge is -2.26. The number of rotatable bonds is 5. The zero-order valence-electron chi connectivity index (χ0n) is 13.5. The van der Waals surface area contributed by atoms with E-state index in [9.17, 15) is 0 Å². The number of hydrogen-bond donors (Lipinski definition) is 5. The van der Waals surface area contributed by atoms with Crippen LogP contribution in [-0.2, 0) is 0 Å². The number of aromatic nitrogens is 2. The van der Waals surface area contributed by atoms with E-state index in [2.05, 4.69) is 31.2 Å². The van der Waals surface area contributed by atoms with Crippen LogP contribution in [0.15, 0.2) is 35.7 Å². The molecule has 1 fully saturated rings. The van der Waals surface area contributed by atoms with Gasteiger partial charge in [-0.3, -0.25) is 0 Å². The fourth-order valence-electron chi connectivity index (χ4n) is 2.76. The van der Waals surface area contributed by atoms with E-state index in [1.165, 1.54) is 25.2 Å². The third kappa shape index (κ3) is 4.14. The Balaban J connectivity index is 1.60. The summed E-state index contributed by atoms with van der Waals surface area (Å²) in [5.74, 6) is 2.00. The number of nitrogens with one attached hydrogen (secondary N) is 4. The van der Waals surface area contributed by atoms with Crippen molar-refractivity contribution in [2.24, 2.45) is 11.7 Å². The van der Waals surface area contributed by atoms with Crippen molar-refractivity contribution in [3.05, 3.63) is 41.4 Å². The van der Waals surface area contributed by atoms with Crippen molar-refractivity contribution in [1.29, 1.82) is 5.26 Å². The van der Waals surface area contributed by atoms with Gasteiger partial charge < -0.3 is 27.0 Å². The van der Waals surface area contributed by atoms with E-state index in [-0.39, 0.29) is 0 Å². The smallest absolute Gasteiger partial charge is 0.158 e. The van der Waals surface area contributed by atoms with Gasteiger partial charge in [0, 0.05) is 12.6 Å². The predicted octanol–water partition coefficient (Wildman–Crippen LogP) is -0.0357. The Morgan fingerprint density at radius 3 is 3.00 bits per heavy atom. The average Bonchev–Trinajstić information content (AvgIpc) is 2.63. The van der Waals surface area contributed by atoms with Crippen LogP contribution in [0, 0.1) is 17.2 Å². The Morgan fingerprint density at radius 1 is 1.38 bits per heavy atom. The largest absolute Gasteiger partial charge is 0.399 e. The van der Waals surface area contributed by atoms with Gasteiger partial charge in [-0.1, -0.05) is 0 Å². The minimum absolute atomic E-state index is 0.290. The monoisotopic (exact) mass is 326 g/mol. The molecule has 1 saturated heterocycles. The van der Waals surface area contributed by atoms with E-state index in [1.54, 1.807) is 0 Å². The summed E-state index contributed by atoms with van der Waals surface area (Å²) in [7, 11) is 0. The van der Waals surface area contributed by atoms with Gasteiger partial charge in [0.15, 0.2) is 5.69 Å². The highest BCUT2D eigenvalue weighted by Crippen LogP contribution is 2.13. The first-order chi connectivity index (χ1) is 11.7. The van der Waals surface area contributed by atoms with Gasteiger partial charge in [-0.05, 0) is 31.8 Å². The van der Waals surface area contributed by atoms with Crippen molar-refractivity contribution in [2.75, 3.05) is 31.5 Å². The lowest BCUT2D eigenvalue weighted by molar-refractivity contribution is 0.370. The highest BCUT2D eigenvalue weighted by Gasteiger charge is 2.15. The minimum Gasteiger partial charge on any atom is -0.399 e. The Hall–Kier alpha value is -2.79. The van der Waals surface area contributed by atoms with E-state index >= 15 is 0 Å². The Kier molecular flexibility index (Phi) is 5.13. The van der Waals surface area contributed by atoms with Crippen molar-refractivity contribution in [1.82, 2.24) is 25.9 Å². The molecule has 1 aromatic rings. The third-order valence-corrected chi connectivity index (χ3v) is 4.11. The fraction of sp³-hybridized carbons (Fsp3) is 0.438. The second-order valence-electron chi connectivity index (χ2n) is 5.97. The molecular formula is C16H22N8. The number of anilines is 1. The molecule has 0 amide bonds. The van der Waals surface area contributed by atoms with E-state index in [1.807, 2.05) is 12.1 Å². The van der Waals surface area contributed by atoms with Crippen molar-refractivity contribution in [2.45, 2.75) is 12.8 Å². The SMILES string of the molecule is N#Cc1cnc(NC2=CC(NC[C@H]3CCCNC3)=C(N)CN2)cn1. The molecule has 8 nitrogen and oxygen atoms in total. The van der Waals surface area contributed by atoms with Crippen LogP contribution < -0.4 is 27.0 Å². The molecule has 0 aliphatic carbocycles. The van der Waals surface area contributed by atoms with Gasteiger partial charge in [-0.2, -0.15) is 5.26 Å². The fourth-order valence-corrected chi connectivity index (χ4v) is 2.76. The van der Waals surface area contributed by atoms with Gasteiger partial charge in [0.1, 0.15) is 17.7 Å². The van der Waals surface area contributed by atoms with Crippen molar-refractivity contribution >= 4 is 5.82 Å². The summed E-state index contributed by atoms with van der Waals surface area (Å²) >= 11 is 0. The maximum Gasteiger partial charge on any atom is 0.158 e. The number of piperidine rings is 1. The lowest BCUT2D eigenvalue weighted by atomic mass is 9.99. The van der Waals surface area contributed by atoms with Gasteiger partial charge in [-0.25, -0.2) is 9.97 Å². The standard InChI is InChI=1S/C16H22N8/c17-5-12-8-22-16(10-20-12)24-15-4-14(13(18)9-23-15)21-7-11-2-1-3-19-6-11/h4,8,10-11,19,21,23H,1-3,6-7,9,18H2,(H,22,24)/t11-/m0/s1. The highest BCUT2D eigenvalue weighted by atomic mass is 15.1. The third-order valence-electron chi connectivity index (χ3n) is 4.11. The molecule has 2 aliphatic heterocycles. The minimum atomic E-state index is 0.290. The Bertz CT molecular complexity index is 664. The van der Waals surface area contributed by atoms with Gasteiger partial charge in [-0.15, -0.1) is 0 Å². The van der Waals surface area contributed by atoms with Crippen LogP contribution in [-0.4, -0.2) is 36.1 Å². The quantitative estimate of drug-likeness (QED) is 0.511. The zero-order valence-corrected chi connectivity index (χ0v) is 13.5. The van der Waals surface area contributed by atoms with Crippen LogP contribution in [0.25, 0.3) is 0 Å². The number of nitrogens with zero attached hydrogens (tertiary/aromatic N) is 3. The summed E-state index contributed by atoms with van der Waals surface area (Å²) in [6, 6.07) is 1.95. The molecule has 0 bridgehead atoms. The summed E-state index contributed by atoms with van der Waals surface area (Å²) in [6.45, 7) is 3.64. The number of dihydropyridines is 1. The van der Waals surface area contributed by atoms with Gasteiger partial charge in [0.25, 0.3) is 0 Å². The Morgan fingerprint density at radius 2 is 2.29 bits per heavy atom. The first kappa shape index (κ1) is 16.1. The molecule has 3 rings (SSSR count). The first-order valence-electron chi connectivity index (χ1n) is 8.12. The average molecular weight is 326 g/mol. The summed E-state index contributed by atoms with van der Waals surface area (Å²) in [5, 5.41) is 22.0. The topological polar surface area (TPSA) is 124 Å². The van der Waals surface area contributed by atoms with Crippen molar-refractivity contribution < 1.29 is 0 Å². The van der Waals surface area contributed by atoms with Crippen LogP contribution in [0.4, 0.5) is 5.82 Å². The summed E-state index contributed by atoms with van der Waals surface area (Å²) < 4.78 is 0. The van der Waals surface area contributed by atoms with Crippen LogP contribution in [0.1, 0.15) is 18.5 Å². The van der Waals surface area contributed by atoms with Crippen molar-refractivity contribution in [3.8, 4) is 6.07 Å². The molecule has 1 atom stereocenters. The van der Waals surface area contributed by atoms with Crippen LogP contribution in [0.3, 0.4) is 0 Å². The van der Waals surface area contributed by atoms with E-state index in [4.69, 9.17) is 11.0 Å². The molecule has 24 heavy (non-hydrogen) atoms. The summed E-state index contributed by atoms with van der Waals surface area (Å²) in [6.07, 6.45) is 7.37. The lowest BCUT2D eigenvalue weighted by Crippen LogP contribution is -2.38. The second-order valence-corrected chi connectivity index (χ2v) is 5.97. The normalized spacial score (nSPS) is 20.6. The molecule has 6 N–H and O–H groups in total. The molecule has 126 valence electrons. The molecular weight excluding hydrogens is 304 g/mol. The summed E-state index contributed by atoms with van der Waals surface area (Å²) in [4.78, 5) is 8.15. The molecule has 2 aliphatic rings. The maximum atomic E-state index is 8.75. The molecule has 0 radical (unpaired) electrons. The van der Waals surface area contributed by atoms with E-state index < -0.39 is 0 Å². The second kappa shape index (κ2) is 7.66. The number of allylic oxidation sites excluding steroid dienone is 1. The molecule has 1 aromatic heterocycles. The van der Waals surface area contributed by atoms with Crippen molar-refractivity contribution in [3.63, 3.8) is 0 Å². The predicted molar refractivity (Wildman–Crippen MR) is 91.3 cm³/mol. The number of nitrogens with two attached hydrogens (primary N) is 1.